The minimum Gasteiger partial charge on any atom is -0.398 e. The highest BCUT2D eigenvalue weighted by Gasteiger charge is 2.14. The number of rotatable bonds is 3. The third-order valence-corrected chi connectivity index (χ3v) is 3.82. The van der Waals surface area contributed by atoms with Crippen LogP contribution in [0.1, 0.15) is 10.4 Å². The average molecular weight is 415 g/mol. The molecule has 0 saturated carbocycles. The van der Waals surface area contributed by atoms with Crippen molar-refractivity contribution in [3.63, 3.8) is 0 Å². The molecule has 8 heteroatoms. The Morgan fingerprint density at radius 1 is 1.19 bits per heavy atom. The quantitative estimate of drug-likeness (QED) is 0.451. The van der Waals surface area contributed by atoms with Crippen LogP contribution < -0.4 is 11.1 Å². The molecule has 0 aromatic heterocycles. The number of nitro groups is 1. The summed E-state index contributed by atoms with van der Waals surface area (Å²) < 4.78 is 1.14. The van der Waals surface area contributed by atoms with Gasteiger partial charge in [0.1, 0.15) is 0 Å². The lowest BCUT2D eigenvalue weighted by atomic mass is 10.1. The number of nitro benzene ring substituents is 1. The SMILES string of the molecule is Nc1ccc(Br)cc1C(=O)Nc1ccc([N+](=O)[O-])cc1Br. The first-order chi connectivity index (χ1) is 9.88. The van der Waals surface area contributed by atoms with Gasteiger partial charge in [0, 0.05) is 26.8 Å². The lowest BCUT2D eigenvalue weighted by Gasteiger charge is -2.09. The average Bonchev–Trinajstić information content (AvgIpc) is 2.43. The predicted molar refractivity (Wildman–Crippen MR) is 87.3 cm³/mol. The maximum atomic E-state index is 12.2. The van der Waals surface area contributed by atoms with Crippen LogP contribution in [0.25, 0.3) is 0 Å². The Kier molecular flexibility index (Phi) is 4.59. The summed E-state index contributed by atoms with van der Waals surface area (Å²) in [6.07, 6.45) is 0. The first kappa shape index (κ1) is 15.5. The van der Waals surface area contributed by atoms with Gasteiger partial charge in [0.15, 0.2) is 0 Å². The van der Waals surface area contributed by atoms with E-state index in [-0.39, 0.29) is 5.69 Å². The van der Waals surface area contributed by atoms with E-state index in [0.29, 0.717) is 21.4 Å². The standard InChI is InChI=1S/C13H9Br2N3O3/c14-7-1-3-11(16)9(5-7)13(19)17-12-4-2-8(18(20)21)6-10(12)15/h1-6H,16H2,(H,17,19). The Balaban J connectivity index is 2.27. The number of amides is 1. The Morgan fingerprint density at radius 3 is 2.52 bits per heavy atom. The van der Waals surface area contributed by atoms with E-state index in [1.807, 2.05) is 0 Å². The number of hydrogen-bond acceptors (Lipinski definition) is 4. The molecule has 21 heavy (non-hydrogen) atoms. The van der Waals surface area contributed by atoms with Gasteiger partial charge in [0.2, 0.25) is 0 Å². The summed E-state index contributed by atoms with van der Waals surface area (Å²) >= 11 is 6.46. The van der Waals surface area contributed by atoms with E-state index >= 15 is 0 Å². The number of halogens is 2. The Morgan fingerprint density at radius 2 is 1.90 bits per heavy atom. The van der Waals surface area contributed by atoms with Gasteiger partial charge in [-0.05, 0) is 40.2 Å². The summed E-state index contributed by atoms with van der Waals surface area (Å²) in [5, 5.41) is 13.3. The van der Waals surface area contributed by atoms with Crippen molar-refractivity contribution in [3.05, 3.63) is 61.0 Å². The van der Waals surface area contributed by atoms with Crippen LogP contribution in [0.15, 0.2) is 45.3 Å². The minimum atomic E-state index is -0.511. The second-order valence-electron chi connectivity index (χ2n) is 4.11. The number of benzene rings is 2. The van der Waals surface area contributed by atoms with Crippen molar-refractivity contribution in [2.24, 2.45) is 0 Å². The second kappa shape index (κ2) is 6.23. The molecular weight excluding hydrogens is 406 g/mol. The molecule has 0 aliphatic carbocycles. The molecule has 0 aliphatic rings. The number of anilines is 2. The lowest BCUT2D eigenvalue weighted by molar-refractivity contribution is -0.384. The van der Waals surface area contributed by atoms with Crippen molar-refractivity contribution in [1.82, 2.24) is 0 Å². The molecule has 0 fully saturated rings. The number of carbonyl (C=O) groups is 1. The Labute approximate surface area is 136 Å². The maximum absolute atomic E-state index is 12.2. The first-order valence-electron chi connectivity index (χ1n) is 5.69. The number of nitrogens with two attached hydrogens (primary N) is 1. The molecule has 3 N–H and O–H groups in total. The van der Waals surface area contributed by atoms with Crippen LogP contribution in [0.5, 0.6) is 0 Å². The van der Waals surface area contributed by atoms with Crippen molar-refractivity contribution < 1.29 is 9.72 Å². The largest absolute Gasteiger partial charge is 0.398 e. The van der Waals surface area contributed by atoms with Crippen LogP contribution >= 0.6 is 31.9 Å². The normalized spacial score (nSPS) is 10.2. The molecule has 0 saturated heterocycles. The van der Waals surface area contributed by atoms with Crippen LogP contribution in [0.4, 0.5) is 17.1 Å². The van der Waals surface area contributed by atoms with E-state index in [1.54, 1.807) is 18.2 Å². The van der Waals surface area contributed by atoms with Gasteiger partial charge >= 0.3 is 0 Å². The molecule has 0 bridgehead atoms. The van der Waals surface area contributed by atoms with Gasteiger partial charge in [-0.1, -0.05) is 15.9 Å². The summed E-state index contributed by atoms with van der Waals surface area (Å²) in [6.45, 7) is 0. The smallest absolute Gasteiger partial charge is 0.270 e. The number of nitrogens with one attached hydrogen (secondary N) is 1. The van der Waals surface area contributed by atoms with Crippen molar-refractivity contribution in [3.8, 4) is 0 Å². The maximum Gasteiger partial charge on any atom is 0.270 e. The highest BCUT2D eigenvalue weighted by molar-refractivity contribution is 9.10. The first-order valence-corrected chi connectivity index (χ1v) is 7.27. The van der Waals surface area contributed by atoms with E-state index < -0.39 is 10.8 Å². The molecule has 0 unspecified atom stereocenters. The van der Waals surface area contributed by atoms with E-state index in [2.05, 4.69) is 37.2 Å². The molecule has 2 aromatic rings. The summed E-state index contributed by atoms with van der Waals surface area (Å²) in [5.74, 6) is -0.400. The molecule has 0 radical (unpaired) electrons. The van der Waals surface area contributed by atoms with E-state index in [4.69, 9.17) is 5.73 Å². The highest BCUT2D eigenvalue weighted by Crippen LogP contribution is 2.28. The molecule has 2 aromatic carbocycles. The number of nitrogens with zero attached hydrogens (tertiary/aromatic N) is 1. The third kappa shape index (κ3) is 3.59. The molecule has 2 rings (SSSR count). The third-order valence-electron chi connectivity index (χ3n) is 2.67. The van der Waals surface area contributed by atoms with Gasteiger partial charge in [0.05, 0.1) is 16.2 Å². The summed E-state index contributed by atoms with van der Waals surface area (Å²) in [4.78, 5) is 22.3. The molecule has 0 heterocycles. The van der Waals surface area contributed by atoms with Gasteiger partial charge in [-0.2, -0.15) is 0 Å². The fraction of sp³-hybridized carbons (Fsp3) is 0. The number of nitrogen functional groups attached to an aromatic ring is 1. The topological polar surface area (TPSA) is 98.3 Å². The molecule has 1 amide bonds. The molecular formula is C13H9Br2N3O3. The zero-order chi connectivity index (χ0) is 15.6. The van der Waals surface area contributed by atoms with Crippen LogP contribution in [-0.4, -0.2) is 10.8 Å². The number of hydrogen-bond donors (Lipinski definition) is 2. The van der Waals surface area contributed by atoms with Gasteiger partial charge in [0.25, 0.3) is 11.6 Å². The zero-order valence-corrected chi connectivity index (χ0v) is 13.6. The van der Waals surface area contributed by atoms with Crippen LogP contribution in [0, 0.1) is 10.1 Å². The lowest BCUT2D eigenvalue weighted by Crippen LogP contribution is -2.14. The van der Waals surface area contributed by atoms with Crippen molar-refractivity contribution in [2.45, 2.75) is 0 Å². The van der Waals surface area contributed by atoms with Gasteiger partial charge < -0.3 is 11.1 Å². The summed E-state index contributed by atoms with van der Waals surface area (Å²) in [6, 6.07) is 9.03. The van der Waals surface area contributed by atoms with E-state index in [9.17, 15) is 14.9 Å². The summed E-state index contributed by atoms with van der Waals surface area (Å²) in [5.41, 5.74) is 6.77. The fourth-order valence-electron chi connectivity index (χ4n) is 1.63. The van der Waals surface area contributed by atoms with Gasteiger partial charge in [-0.25, -0.2) is 0 Å². The van der Waals surface area contributed by atoms with E-state index in [1.165, 1.54) is 18.2 Å². The number of carbonyl (C=O) groups excluding carboxylic acids is 1. The Bertz CT molecular complexity index is 735. The van der Waals surface area contributed by atoms with Crippen LogP contribution in [0.3, 0.4) is 0 Å². The van der Waals surface area contributed by atoms with E-state index in [0.717, 1.165) is 4.47 Å². The highest BCUT2D eigenvalue weighted by atomic mass is 79.9. The number of non-ortho nitro benzene ring substituents is 1. The summed E-state index contributed by atoms with van der Waals surface area (Å²) in [7, 11) is 0. The molecule has 6 nitrogen and oxygen atoms in total. The molecule has 0 atom stereocenters. The van der Waals surface area contributed by atoms with Crippen LogP contribution in [0.2, 0.25) is 0 Å². The van der Waals surface area contributed by atoms with Crippen molar-refractivity contribution >= 4 is 54.8 Å². The second-order valence-corrected chi connectivity index (χ2v) is 5.88. The predicted octanol–water partition coefficient (Wildman–Crippen LogP) is 3.95. The molecule has 0 aliphatic heterocycles. The molecule has 108 valence electrons. The van der Waals surface area contributed by atoms with Crippen molar-refractivity contribution in [2.75, 3.05) is 11.1 Å². The Hall–Kier alpha value is -1.93. The zero-order valence-electron chi connectivity index (χ0n) is 10.5. The fourth-order valence-corrected chi connectivity index (χ4v) is 2.46. The van der Waals surface area contributed by atoms with Crippen molar-refractivity contribution in [1.29, 1.82) is 0 Å². The minimum absolute atomic E-state index is 0.0677. The van der Waals surface area contributed by atoms with Crippen LogP contribution in [-0.2, 0) is 0 Å². The molecule has 0 spiro atoms. The van der Waals surface area contributed by atoms with Gasteiger partial charge in [-0.15, -0.1) is 0 Å². The van der Waals surface area contributed by atoms with Gasteiger partial charge in [-0.3, -0.25) is 14.9 Å². The monoisotopic (exact) mass is 413 g/mol.